The molecule has 0 aromatic carbocycles. The maximum Gasteiger partial charge on any atom is 0.0605 e. The summed E-state index contributed by atoms with van der Waals surface area (Å²) in [6.45, 7) is 12.5. The van der Waals surface area contributed by atoms with Gasteiger partial charge in [-0.15, -0.1) is 0 Å². The van der Waals surface area contributed by atoms with E-state index in [-0.39, 0.29) is 6.10 Å². The number of hydrogen-bond donors (Lipinski definition) is 1. The van der Waals surface area contributed by atoms with Crippen molar-refractivity contribution in [2.45, 2.75) is 105 Å². The maximum atomic E-state index is 11.7. The number of aliphatic hydroxyl groups is 1. The molecule has 0 aliphatic heterocycles. The van der Waals surface area contributed by atoms with E-state index in [1.807, 2.05) is 0 Å². The summed E-state index contributed by atoms with van der Waals surface area (Å²) in [4.78, 5) is 0. The summed E-state index contributed by atoms with van der Waals surface area (Å²) in [6, 6.07) is 0. The predicted octanol–water partition coefficient (Wildman–Crippen LogP) is 6.69. The third-order valence-corrected chi connectivity index (χ3v) is 10.7. The van der Waals surface area contributed by atoms with Gasteiger partial charge < -0.3 is 5.11 Å². The summed E-state index contributed by atoms with van der Waals surface area (Å²) in [5, 5.41) is 11.7. The molecule has 0 aromatic heterocycles. The highest BCUT2D eigenvalue weighted by atomic mass is 16.3. The Hall–Kier alpha value is -0.0400. The van der Waals surface area contributed by atoms with E-state index < -0.39 is 0 Å². The van der Waals surface area contributed by atoms with Crippen molar-refractivity contribution in [3.63, 3.8) is 0 Å². The van der Waals surface area contributed by atoms with Crippen LogP contribution in [0.15, 0.2) is 0 Å². The first kappa shape index (κ1) is 19.3. The average molecular weight is 361 g/mol. The molecule has 4 rings (SSSR count). The Labute approximate surface area is 162 Å². The first-order chi connectivity index (χ1) is 12.4. The van der Waals surface area contributed by atoms with Crippen molar-refractivity contribution in [1.82, 2.24) is 0 Å². The third kappa shape index (κ3) is 2.51. The van der Waals surface area contributed by atoms with Crippen molar-refractivity contribution >= 4 is 0 Å². The predicted molar refractivity (Wildman–Crippen MR) is 110 cm³/mol. The average Bonchev–Trinajstić information content (AvgIpc) is 2.99. The van der Waals surface area contributed by atoms with Crippen molar-refractivity contribution in [2.24, 2.45) is 52.3 Å². The minimum Gasteiger partial charge on any atom is -0.393 e. The van der Waals surface area contributed by atoms with E-state index in [0.717, 1.165) is 29.6 Å². The van der Waals surface area contributed by atoms with Gasteiger partial charge in [0.25, 0.3) is 0 Å². The lowest BCUT2D eigenvalue weighted by Crippen LogP contribution is -2.61. The van der Waals surface area contributed by atoms with Crippen LogP contribution in [-0.2, 0) is 0 Å². The Morgan fingerprint density at radius 1 is 0.885 bits per heavy atom. The van der Waals surface area contributed by atoms with Crippen molar-refractivity contribution in [2.75, 3.05) is 0 Å². The molecule has 0 amide bonds. The smallest absolute Gasteiger partial charge is 0.0605 e. The van der Waals surface area contributed by atoms with Crippen LogP contribution < -0.4 is 0 Å². The molecule has 4 fully saturated rings. The summed E-state index contributed by atoms with van der Waals surface area (Å²) < 4.78 is 0. The van der Waals surface area contributed by atoms with E-state index >= 15 is 0 Å². The largest absolute Gasteiger partial charge is 0.393 e. The molecule has 0 heterocycles. The third-order valence-electron chi connectivity index (χ3n) is 10.7. The summed E-state index contributed by atoms with van der Waals surface area (Å²) in [6.07, 6.45) is 13.8. The van der Waals surface area contributed by atoms with E-state index in [0.29, 0.717) is 22.7 Å². The van der Waals surface area contributed by atoms with Gasteiger partial charge in [-0.25, -0.2) is 0 Å². The molecule has 10 atom stereocenters. The summed E-state index contributed by atoms with van der Waals surface area (Å²) in [5.41, 5.74) is 1.01. The standard InChI is InChI=1S/C25H44O/c1-6-16(3)18-11-12-20-22-21(13-15-25(18,20)5)24(4)14-9-8-10-19(24)17(7-2)23(22)26/h16-23,26H,6-15H2,1-5H3. The van der Waals surface area contributed by atoms with Gasteiger partial charge in [-0.05, 0) is 90.8 Å². The van der Waals surface area contributed by atoms with Gasteiger partial charge in [-0.2, -0.15) is 0 Å². The van der Waals surface area contributed by atoms with Crippen molar-refractivity contribution in [3.8, 4) is 0 Å². The molecule has 4 aliphatic rings. The van der Waals surface area contributed by atoms with Crippen LogP contribution in [0.3, 0.4) is 0 Å². The number of fused-ring (bicyclic) bond motifs is 5. The molecule has 150 valence electrons. The Morgan fingerprint density at radius 3 is 2.31 bits per heavy atom. The Kier molecular flexibility index (Phi) is 5.03. The summed E-state index contributed by atoms with van der Waals surface area (Å²) in [5.74, 6) is 5.25. The molecule has 1 heteroatoms. The van der Waals surface area contributed by atoms with E-state index in [4.69, 9.17) is 0 Å². The molecule has 26 heavy (non-hydrogen) atoms. The lowest BCUT2D eigenvalue weighted by Gasteiger charge is -2.64. The molecule has 0 aromatic rings. The highest BCUT2D eigenvalue weighted by Gasteiger charge is 2.64. The Balaban J connectivity index is 1.70. The zero-order valence-electron chi connectivity index (χ0n) is 18.1. The SMILES string of the molecule is CCC(C)C1CCC2C3C(O)C(CC)C4CCCCC4(C)C3CCC12C. The van der Waals surface area contributed by atoms with E-state index in [9.17, 15) is 5.11 Å². The van der Waals surface area contributed by atoms with Gasteiger partial charge in [0.2, 0.25) is 0 Å². The molecule has 4 aliphatic carbocycles. The number of aliphatic hydroxyl groups excluding tert-OH is 1. The Bertz CT molecular complexity index is 514. The molecular formula is C25H44O. The second-order valence-corrected chi connectivity index (χ2v) is 11.3. The maximum absolute atomic E-state index is 11.7. The Morgan fingerprint density at radius 2 is 1.62 bits per heavy atom. The van der Waals surface area contributed by atoms with E-state index in [2.05, 4.69) is 34.6 Å². The lowest BCUT2D eigenvalue weighted by molar-refractivity contribution is -0.194. The van der Waals surface area contributed by atoms with Crippen LogP contribution >= 0.6 is 0 Å². The monoisotopic (exact) mass is 360 g/mol. The minimum atomic E-state index is -0.0264. The second-order valence-electron chi connectivity index (χ2n) is 11.3. The van der Waals surface area contributed by atoms with E-state index in [1.54, 1.807) is 0 Å². The summed E-state index contributed by atoms with van der Waals surface area (Å²) in [7, 11) is 0. The minimum absolute atomic E-state index is 0.0264. The van der Waals surface area contributed by atoms with Gasteiger partial charge in [0, 0.05) is 0 Å². The zero-order chi connectivity index (χ0) is 18.7. The highest BCUT2D eigenvalue weighted by Crippen LogP contribution is 2.69. The molecule has 0 spiro atoms. The van der Waals surface area contributed by atoms with Crippen LogP contribution in [0.1, 0.15) is 98.8 Å². The van der Waals surface area contributed by atoms with E-state index in [1.165, 1.54) is 64.2 Å². The molecule has 1 nitrogen and oxygen atoms in total. The topological polar surface area (TPSA) is 20.2 Å². The molecular weight excluding hydrogens is 316 g/mol. The lowest BCUT2D eigenvalue weighted by atomic mass is 9.41. The van der Waals surface area contributed by atoms with Crippen molar-refractivity contribution in [1.29, 1.82) is 0 Å². The van der Waals surface area contributed by atoms with Crippen molar-refractivity contribution in [3.05, 3.63) is 0 Å². The normalized spacial score (nSPS) is 54.9. The fraction of sp³-hybridized carbons (Fsp3) is 1.00. The van der Waals surface area contributed by atoms with Crippen molar-refractivity contribution < 1.29 is 5.11 Å². The highest BCUT2D eigenvalue weighted by molar-refractivity contribution is 5.13. The van der Waals surface area contributed by atoms with Gasteiger partial charge in [0.1, 0.15) is 0 Å². The van der Waals surface area contributed by atoms with Crippen LogP contribution in [0.25, 0.3) is 0 Å². The van der Waals surface area contributed by atoms with Crippen LogP contribution in [0, 0.1) is 52.3 Å². The van der Waals surface area contributed by atoms with Crippen LogP contribution in [0.2, 0.25) is 0 Å². The second kappa shape index (κ2) is 6.78. The molecule has 1 N–H and O–H groups in total. The zero-order valence-corrected chi connectivity index (χ0v) is 18.1. The van der Waals surface area contributed by atoms with Gasteiger partial charge >= 0.3 is 0 Å². The first-order valence-electron chi connectivity index (χ1n) is 12.1. The fourth-order valence-electron chi connectivity index (χ4n) is 9.30. The van der Waals surface area contributed by atoms with Gasteiger partial charge in [-0.3, -0.25) is 0 Å². The number of hydrogen-bond acceptors (Lipinski definition) is 1. The fourth-order valence-corrected chi connectivity index (χ4v) is 9.30. The van der Waals surface area contributed by atoms with Gasteiger partial charge in [0.15, 0.2) is 0 Å². The van der Waals surface area contributed by atoms with Crippen LogP contribution in [0.4, 0.5) is 0 Å². The number of rotatable bonds is 3. The van der Waals surface area contributed by atoms with Gasteiger partial charge in [0.05, 0.1) is 6.10 Å². The van der Waals surface area contributed by atoms with Crippen LogP contribution in [0.5, 0.6) is 0 Å². The van der Waals surface area contributed by atoms with Gasteiger partial charge in [-0.1, -0.05) is 60.3 Å². The molecule has 4 saturated carbocycles. The summed E-state index contributed by atoms with van der Waals surface area (Å²) >= 11 is 0. The molecule has 10 unspecified atom stereocenters. The van der Waals surface area contributed by atoms with Crippen LogP contribution in [-0.4, -0.2) is 11.2 Å². The molecule has 0 bridgehead atoms. The molecule has 0 radical (unpaired) electrons. The molecule has 0 saturated heterocycles. The first-order valence-corrected chi connectivity index (χ1v) is 12.1. The quantitative estimate of drug-likeness (QED) is 0.594.